The summed E-state index contributed by atoms with van der Waals surface area (Å²) in [6, 6.07) is 0.321. The molecule has 3 saturated heterocycles. The van der Waals surface area contributed by atoms with Crippen molar-refractivity contribution in [3.63, 3.8) is 0 Å². The number of H-pyrrole nitrogens is 1. The van der Waals surface area contributed by atoms with E-state index in [-0.39, 0.29) is 42.6 Å². The number of ether oxygens (including phenoxy) is 2. The molecule has 19 heteroatoms. The van der Waals surface area contributed by atoms with Crippen LogP contribution in [0.2, 0.25) is 0 Å². The summed E-state index contributed by atoms with van der Waals surface area (Å²) < 4.78 is 28.0. The lowest BCUT2D eigenvalue weighted by atomic mass is 10.0. The zero-order valence-corrected chi connectivity index (χ0v) is 28.5. The van der Waals surface area contributed by atoms with Gasteiger partial charge in [-0.05, 0) is 31.8 Å². The van der Waals surface area contributed by atoms with Crippen LogP contribution in [0.15, 0.2) is 21.9 Å². The number of aromatic nitrogens is 2. The smallest absolute Gasteiger partial charge is 0.382 e. The minimum Gasteiger partial charge on any atom is -0.382 e. The van der Waals surface area contributed by atoms with Crippen molar-refractivity contribution in [2.24, 2.45) is 0 Å². The number of nitrogens with one attached hydrogen (secondary N) is 5. The van der Waals surface area contributed by atoms with Crippen molar-refractivity contribution in [3.8, 4) is 0 Å². The largest absolute Gasteiger partial charge is 0.469 e. The van der Waals surface area contributed by atoms with E-state index >= 15 is 0 Å². The predicted octanol–water partition coefficient (Wildman–Crippen LogP) is 0.480. The third-order valence-corrected chi connectivity index (χ3v) is 10.4. The fourth-order valence-corrected chi connectivity index (χ4v) is 8.05. The average molecular weight is 717 g/mol. The van der Waals surface area contributed by atoms with Crippen molar-refractivity contribution >= 4 is 43.5 Å². The van der Waals surface area contributed by atoms with Crippen molar-refractivity contribution in [2.75, 3.05) is 32.6 Å². The molecule has 7 N–H and O–H groups in total. The Kier molecular flexibility index (Phi) is 14.3. The Balaban J connectivity index is 1.08. The molecule has 48 heavy (non-hydrogen) atoms. The van der Waals surface area contributed by atoms with Crippen molar-refractivity contribution in [3.05, 3.63) is 38.7 Å². The van der Waals surface area contributed by atoms with E-state index in [0.29, 0.717) is 24.8 Å². The first-order valence-corrected chi connectivity index (χ1v) is 18.7. The second kappa shape index (κ2) is 18.1. The van der Waals surface area contributed by atoms with Gasteiger partial charge in [-0.1, -0.05) is 19.3 Å². The van der Waals surface area contributed by atoms with Crippen LogP contribution in [0.4, 0.5) is 4.79 Å². The van der Waals surface area contributed by atoms with Crippen LogP contribution in [0.5, 0.6) is 0 Å². The van der Waals surface area contributed by atoms with Crippen molar-refractivity contribution in [1.82, 2.24) is 30.8 Å². The Morgan fingerprint density at radius 3 is 2.58 bits per heavy atom. The van der Waals surface area contributed by atoms with E-state index in [1.165, 1.54) is 25.5 Å². The van der Waals surface area contributed by atoms with Crippen LogP contribution in [0.3, 0.4) is 0 Å². The van der Waals surface area contributed by atoms with Crippen LogP contribution in [-0.4, -0.2) is 99.3 Å². The number of amides is 4. The normalized spacial score (nSPS) is 25.2. The lowest BCUT2D eigenvalue weighted by Crippen LogP contribution is -2.36. The molecule has 0 radical (unpaired) electrons. The number of carbonyl (C=O) groups is 3. The van der Waals surface area contributed by atoms with Gasteiger partial charge in [0.05, 0.1) is 24.3 Å². The maximum Gasteiger partial charge on any atom is 0.469 e. The number of fused-ring (bicyclic) bond motifs is 1. The Morgan fingerprint density at radius 1 is 1.10 bits per heavy atom. The topological polar surface area (TPSA) is 239 Å². The van der Waals surface area contributed by atoms with Gasteiger partial charge in [0, 0.05) is 56.3 Å². The second-order valence-electron chi connectivity index (χ2n) is 12.0. The molecule has 3 aliphatic rings. The zero-order valence-electron chi connectivity index (χ0n) is 26.8. The van der Waals surface area contributed by atoms with E-state index in [0.717, 1.165) is 55.3 Å². The van der Waals surface area contributed by atoms with Crippen LogP contribution in [0, 0.1) is 0 Å². The van der Waals surface area contributed by atoms with E-state index in [1.54, 1.807) is 0 Å². The fraction of sp³-hybridized carbons (Fsp3) is 0.690. The second-order valence-corrected chi connectivity index (χ2v) is 14.4. The fourth-order valence-electron chi connectivity index (χ4n) is 5.94. The molecule has 6 atom stereocenters. The van der Waals surface area contributed by atoms with Crippen LogP contribution in [-0.2, 0) is 28.2 Å². The molecule has 0 aliphatic carbocycles. The van der Waals surface area contributed by atoms with Gasteiger partial charge in [0.15, 0.2) is 0 Å². The average Bonchev–Trinajstić information content (AvgIpc) is 3.69. The van der Waals surface area contributed by atoms with E-state index in [4.69, 9.17) is 14.0 Å². The number of hydrogen-bond acceptors (Lipinski definition) is 10. The monoisotopic (exact) mass is 716 g/mol. The summed E-state index contributed by atoms with van der Waals surface area (Å²) in [7, 11) is -3.46. The number of nitrogens with zero attached hydrogens (tertiary/aromatic N) is 1. The van der Waals surface area contributed by atoms with E-state index in [2.05, 4.69) is 26.3 Å². The molecule has 4 heterocycles. The highest BCUT2D eigenvalue weighted by Crippen LogP contribution is 2.43. The van der Waals surface area contributed by atoms with Crippen molar-refractivity contribution < 1.29 is 42.7 Å². The summed E-state index contributed by atoms with van der Waals surface area (Å²) in [6.07, 6.45) is 7.13. The molecule has 0 bridgehead atoms. The Labute approximate surface area is 281 Å². The highest BCUT2D eigenvalue weighted by molar-refractivity contribution is 8.00. The predicted molar refractivity (Wildman–Crippen MR) is 176 cm³/mol. The Morgan fingerprint density at radius 2 is 1.85 bits per heavy atom. The van der Waals surface area contributed by atoms with Gasteiger partial charge in [0.1, 0.15) is 18.4 Å². The van der Waals surface area contributed by atoms with Gasteiger partial charge >= 0.3 is 19.5 Å². The standard InChI is InChI=1S/C29H45N6O11PS/c1-44-16-21-20(46-47(41,42)43)14-25(45-21)35-15-18(27(38)34-29(35)40)10-11-24(37)31-13-7-3-2-6-12-30-23(36)9-5-4-8-22-26-19(17-48-22)32-28(39)33-26/h10-11,15,19-22,25-26H,2-9,12-14,16-17H2,1H3,(H,30,36)(H,31,37)(H2,32,33,39)(H,34,38,40)(H2,41,42,43)/b11-10+/t19?,20-,21?,22?,25-,26?/m1/s1. The Hall–Kier alpha value is -2.99. The summed E-state index contributed by atoms with van der Waals surface area (Å²) in [4.78, 5) is 81.3. The lowest BCUT2D eigenvalue weighted by Gasteiger charge is -2.18. The summed E-state index contributed by atoms with van der Waals surface area (Å²) in [5.74, 6) is 0.545. The number of methoxy groups -OCH3 is 1. The highest BCUT2D eigenvalue weighted by atomic mass is 32.2. The van der Waals surface area contributed by atoms with Gasteiger partial charge in [-0.15, -0.1) is 0 Å². The molecule has 0 aromatic carbocycles. The van der Waals surface area contributed by atoms with E-state index in [9.17, 15) is 38.3 Å². The van der Waals surface area contributed by atoms with Gasteiger partial charge in [-0.25, -0.2) is 14.2 Å². The molecule has 1 aromatic heterocycles. The van der Waals surface area contributed by atoms with Gasteiger partial charge in [-0.2, -0.15) is 11.8 Å². The number of thioether (sulfide) groups is 1. The summed E-state index contributed by atoms with van der Waals surface area (Å²) in [5.41, 5.74) is -1.52. The Bertz CT molecular complexity index is 1470. The molecular weight excluding hydrogens is 671 g/mol. The molecule has 0 saturated carbocycles. The number of carbonyl (C=O) groups excluding carboxylic acids is 3. The van der Waals surface area contributed by atoms with Crippen LogP contribution in [0.1, 0.15) is 69.6 Å². The SMILES string of the molecule is COCC1O[C@@H](n2cc(/C=C/C(=O)NCCCCCCNC(=O)CCCCC3SCC4NC(=O)NC43)c(=O)[nH]c2=O)C[C@H]1OP(=O)(O)O. The van der Waals surface area contributed by atoms with Gasteiger partial charge in [0.25, 0.3) is 5.56 Å². The molecule has 3 aliphatic heterocycles. The summed E-state index contributed by atoms with van der Waals surface area (Å²) in [5, 5.41) is 12.0. The number of hydrogen-bond donors (Lipinski definition) is 7. The van der Waals surface area contributed by atoms with Crippen LogP contribution < -0.4 is 32.5 Å². The number of phosphoric acid groups is 1. The first kappa shape index (κ1) is 37.8. The number of unbranched alkanes of at least 4 members (excludes halogenated alkanes) is 4. The molecule has 268 valence electrons. The third kappa shape index (κ3) is 11.6. The van der Waals surface area contributed by atoms with Crippen LogP contribution >= 0.6 is 19.6 Å². The van der Waals surface area contributed by atoms with Gasteiger partial charge in [0.2, 0.25) is 11.8 Å². The zero-order chi connectivity index (χ0) is 34.7. The van der Waals surface area contributed by atoms with E-state index in [1.807, 2.05) is 11.8 Å². The summed E-state index contributed by atoms with van der Waals surface area (Å²) in [6.45, 7) is 0.970. The number of phosphoric ester groups is 1. The maximum atomic E-state index is 12.5. The van der Waals surface area contributed by atoms with Crippen molar-refractivity contribution in [1.29, 1.82) is 0 Å². The highest BCUT2D eigenvalue weighted by Gasteiger charge is 2.43. The molecular formula is C29H45N6O11PS. The van der Waals surface area contributed by atoms with Gasteiger partial charge in [-0.3, -0.25) is 28.5 Å². The molecule has 4 amide bonds. The van der Waals surface area contributed by atoms with Crippen LogP contribution in [0.25, 0.3) is 6.08 Å². The minimum atomic E-state index is -4.84. The molecule has 1 aromatic rings. The lowest BCUT2D eigenvalue weighted by molar-refractivity contribution is -0.121. The number of urea groups is 1. The first-order valence-electron chi connectivity index (χ1n) is 16.1. The van der Waals surface area contributed by atoms with Crippen molar-refractivity contribution in [2.45, 2.75) is 93.6 Å². The molecule has 4 rings (SSSR count). The maximum absolute atomic E-state index is 12.5. The summed E-state index contributed by atoms with van der Waals surface area (Å²) >= 11 is 1.88. The molecule has 17 nitrogen and oxygen atoms in total. The minimum absolute atomic E-state index is 0.000573. The molecule has 3 fully saturated rings. The van der Waals surface area contributed by atoms with E-state index < -0.39 is 43.4 Å². The number of aromatic amines is 1. The molecule has 4 unspecified atom stereocenters. The third-order valence-electron chi connectivity index (χ3n) is 8.31. The number of rotatable bonds is 19. The quantitative estimate of drug-likeness (QED) is 0.0448. The molecule has 0 spiro atoms. The first-order chi connectivity index (χ1) is 22.9. The van der Waals surface area contributed by atoms with Gasteiger partial charge < -0.3 is 40.5 Å².